The van der Waals surface area contributed by atoms with Gasteiger partial charge in [-0.2, -0.15) is 0 Å². The summed E-state index contributed by atoms with van der Waals surface area (Å²) in [6, 6.07) is 3.53. The Hall–Kier alpha value is -1.49. The number of amidine groups is 1. The highest BCUT2D eigenvalue weighted by Gasteiger charge is 2.06. The third-order valence-electron chi connectivity index (χ3n) is 1.82. The molecule has 0 saturated carbocycles. The Morgan fingerprint density at radius 1 is 1.40 bits per heavy atom. The normalized spacial score (nSPS) is 11.6. The summed E-state index contributed by atoms with van der Waals surface area (Å²) in [7, 11) is 0. The molecule has 15 heavy (non-hydrogen) atoms. The van der Waals surface area contributed by atoms with Crippen LogP contribution in [-0.2, 0) is 0 Å². The number of aliphatic imine (C=N–C) groups is 1. The minimum Gasteiger partial charge on any atom is -0.308 e. The summed E-state index contributed by atoms with van der Waals surface area (Å²) in [5, 5.41) is 0. The second kappa shape index (κ2) is 5.41. The van der Waals surface area contributed by atoms with Gasteiger partial charge in [0, 0.05) is 12.1 Å². The smallest absolute Gasteiger partial charge is 0.159 e. The molecule has 82 valence electrons. The van der Waals surface area contributed by atoms with Crippen molar-refractivity contribution in [3.63, 3.8) is 0 Å². The number of halogens is 2. The fraction of sp³-hybridized carbons (Fsp3) is 0.300. The summed E-state index contributed by atoms with van der Waals surface area (Å²) in [6.45, 7) is 2.54. The number of hydrazine groups is 1. The van der Waals surface area contributed by atoms with Gasteiger partial charge in [-0.3, -0.25) is 4.99 Å². The summed E-state index contributed by atoms with van der Waals surface area (Å²) in [5.74, 6) is 3.80. The molecule has 0 atom stereocenters. The van der Waals surface area contributed by atoms with Gasteiger partial charge < -0.3 is 5.43 Å². The van der Waals surface area contributed by atoms with Gasteiger partial charge in [0.15, 0.2) is 11.6 Å². The van der Waals surface area contributed by atoms with Gasteiger partial charge in [-0.1, -0.05) is 6.92 Å². The highest BCUT2D eigenvalue weighted by atomic mass is 19.2. The van der Waals surface area contributed by atoms with E-state index in [0.29, 0.717) is 17.9 Å². The molecule has 0 aromatic heterocycles. The van der Waals surface area contributed by atoms with Gasteiger partial charge in [0.2, 0.25) is 0 Å². The Morgan fingerprint density at radius 3 is 2.67 bits per heavy atom. The lowest BCUT2D eigenvalue weighted by Crippen LogP contribution is -2.31. The van der Waals surface area contributed by atoms with Crippen molar-refractivity contribution in [3.05, 3.63) is 35.4 Å². The lowest BCUT2D eigenvalue weighted by atomic mass is 10.2. The third kappa shape index (κ3) is 2.99. The first-order chi connectivity index (χ1) is 7.19. The fourth-order valence-electron chi connectivity index (χ4n) is 1.09. The van der Waals surface area contributed by atoms with Crippen molar-refractivity contribution in [2.45, 2.75) is 13.3 Å². The molecule has 5 heteroatoms. The molecule has 3 N–H and O–H groups in total. The Balaban J connectivity index is 2.97. The Morgan fingerprint density at radius 2 is 2.13 bits per heavy atom. The minimum atomic E-state index is -0.910. The van der Waals surface area contributed by atoms with E-state index in [1.165, 1.54) is 6.07 Å². The van der Waals surface area contributed by atoms with E-state index in [9.17, 15) is 8.78 Å². The van der Waals surface area contributed by atoms with Crippen molar-refractivity contribution in [1.29, 1.82) is 0 Å². The Bertz CT molecular complexity index is 364. The van der Waals surface area contributed by atoms with Crippen molar-refractivity contribution in [2.24, 2.45) is 10.8 Å². The van der Waals surface area contributed by atoms with Gasteiger partial charge in [0.05, 0.1) is 0 Å². The molecule has 0 saturated heterocycles. The molecule has 0 bridgehead atoms. The van der Waals surface area contributed by atoms with E-state index in [2.05, 4.69) is 10.4 Å². The molecule has 1 aromatic carbocycles. The van der Waals surface area contributed by atoms with E-state index in [1.54, 1.807) is 0 Å². The number of benzene rings is 1. The highest BCUT2D eigenvalue weighted by molar-refractivity contribution is 5.98. The SMILES string of the molecule is CCCN=C(NN)c1ccc(F)c(F)c1. The molecule has 0 unspecified atom stereocenters. The van der Waals surface area contributed by atoms with Crippen LogP contribution >= 0.6 is 0 Å². The van der Waals surface area contributed by atoms with E-state index in [0.717, 1.165) is 18.6 Å². The quantitative estimate of drug-likeness (QED) is 0.346. The van der Waals surface area contributed by atoms with Crippen LogP contribution in [0, 0.1) is 11.6 Å². The van der Waals surface area contributed by atoms with Gasteiger partial charge in [-0.05, 0) is 24.6 Å². The van der Waals surface area contributed by atoms with E-state index in [1.807, 2.05) is 6.92 Å². The molecule has 0 fully saturated rings. The summed E-state index contributed by atoms with van der Waals surface area (Å²) in [4.78, 5) is 4.09. The molecule has 1 rings (SSSR count). The van der Waals surface area contributed by atoms with Crippen LogP contribution in [0.15, 0.2) is 23.2 Å². The van der Waals surface area contributed by atoms with E-state index >= 15 is 0 Å². The standard InChI is InChI=1S/C10H13F2N3/c1-2-5-14-10(15-13)7-3-4-8(11)9(12)6-7/h3-4,6H,2,5,13H2,1H3,(H,14,15). The zero-order valence-electron chi connectivity index (χ0n) is 8.43. The average molecular weight is 213 g/mol. The minimum absolute atomic E-state index is 0.357. The maximum Gasteiger partial charge on any atom is 0.159 e. The summed E-state index contributed by atoms with van der Waals surface area (Å²) in [6.07, 6.45) is 0.856. The lowest BCUT2D eigenvalue weighted by Gasteiger charge is -2.05. The molecule has 3 nitrogen and oxygen atoms in total. The van der Waals surface area contributed by atoms with E-state index in [-0.39, 0.29) is 0 Å². The molecular formula is C10H13F2N3. The monoisotopic (exact) mass is 213 g/mol. The predicted molar refractivity (Wildman–Crippen MR) is 55.4 cm³/mol. The largest absolute Gasteiger partial charge is 0.308 e. The van der Waals surface area contributed by atoms with Crippen LogP contribution < -0.4 is 11.3 Å². The maximum atomic E-state index is 12.9. The van der Waals surface area contributed by atoms with Crippen LogP contribution in [-0.4, -0.2) is 12.4 Å². The summed E-state index contributed by atoms with van der Waals surface area (Å²) >= 11 is 0. The van der Waals surface area contributed by atoms with Gasteiger partial charge in [0.1, 0.15) is 5.84 Å². The van der Waals surface area contributed by atoms with Gasteiger partial charge >= 0.3 is 0 Å². The maximum absolute atomic E-state index is 12.9. The Kier molecular flexibility index (Phi) is 4.17. The topological polar surface area (TPSA) is 50.4 Å². The zero-order chi connectivity index (χ0) is 11.3. The van der Waals surface area contributed by atoms with Crippen LogP contribution in [0.4, 0.5) is 8.78 Å². The predicted octanol–water partition coefficient (Wildman–Crippen LogP) is 1.58. The second-order valence-electron chi connectivity index (χ2n) is 3.00. The molecule has 1 aromatic rings. The van der Waals surface area contributed by atoms with Crippen LogP contribution in [0.2, 0.25) is 0 Å². The number of rotatable bonds is 3. The summed E-state index contributed by atoms with van der Waals surface area (Å²) in [5.41, 5.74) is 2.80. The fourth-order valence-corrected chi connectivity index (χ4v) is 1.09. The number of nitrogens with two attached hydrogens (primary N) is 1. The third-order valence-corrected chi connectivity index (χ3v) is 1.82. The lowest BCUT2D eigenvalue weighted by molar-refractivity contribution is 0.508. The van der Waals surface area contributed by atoms with Crippen LogP contribution in [0.1, 0.15) is 18.9 Å². The summed E-state index contributed by atoms with van der Waals surface area (Å²) < 4.78 is 25.6. The van der Waals surface area contributed by atoms with Crippen molar-refractivity contribution >= 4 is 5.84 Å². The molecule has 0 amide bonds. The number of nitrogens with one attached hydrogen (secondary N) is 1. The van der Waals surface area contributed by atoms with Crippen LogP contribution in [0.5, 0.6) is 0 Å². The first-order valence-electron chi connectivity index (χ1n) is 4.65. The highest BCUT2D eigenvalue weighted by Crippen LogP contribution is 2.08. The van der Waals surface area contributed by atoms with Crippen molar-refractivity contribution in [2.75, 3.05) is 6.54 Å². The second-order valence-corrected chi connectivity index (χ2v) is 3.00. The number of nitrogens with zero attached hydrogens (tertiary/aromatic N) is 1. The Labute approximate surface area is 87.0 Å². The molecule has 0 aliphatic rings. The van der Waals surface area contributed by atoms with Crippen molar-refractivity contribution < 1.29 is 8.78 Å². The first-order valence-corrected chi connectivity index (χ1v) is 4.65. The van der Waals surface area contributed by atoms with Crippen LogP contribution in [0.3, 0.4) is 0 Å². The van der Waals surface area contributed by atoms with Gasteiger partial charge in [-0.25, -0.2) is 14.6 Å². The first kappa shape index (κ1) is 11.6. The molecule has 0 aliphatic heterocycles. The molecule has 0 radical (unpaired) electrons. The molecule has 0 aliphatic carbocycles. The molecular weight excluding hydrogens is 200 g/mol. The van der Waals surface area contributed by atoms with Gasteiger partial charge in [-0.15, -0.1) is 0 Å². The van der Waals surface area contributed by atoms with Crippen LogP contribution in [0.25, 0.3) is 0 Å². The number of hydrogen-bond donors (Lipinski definition) is 2. The van der Waals surface area contributed by atoms with E-state index in [4.69, 9.17) is 5.84 Å². The average Bonchev–Trinajstić information content (AvgIpc) is 2.24. The van der Waals surface area contributed by atoms with Crippen molar-refractivity contribution in [3.8, 4) is 0 Å². The van der Waals surface area contributed by atoms with Crippen molar-refractivity contribution in [1.82, 2.24) is 5.43 Å². The van der Waals surface area contributed by atoms with E-state index < -0.39 is 11.6 Å². The number of hydrogen-bond acceptors (Lipinski definition) is 2. The zero-order valence-corrected chi connectivity index (χ0v) is 8.43. The molecule has 0 spiro atoms. The molecule has 0 heterocycles. The van der Waals surface area contributed by atoms with Gasteiger partial charge in [0.25, 0.3) is 0 Å².